The number of pyridine rings is 2. The number of aromatic nitrogens is 2. The molecular weight excluding hydrogens is 689 g/mol. The van der Waals surface area contributed by atoms with Crippen LogP contribution in [0.1, 0.15) is 210 Å². The van der Waals surface area contributed by atoms with Crippen LogP contribution in [0.4, 0.5) is 0 Å². The summed E-state index contributed by atoms with van der Waals surface area (Å²) in [4.78, 5) is 9.72. The maximum Gasteiger partial charge on any atom is 0.0434 e. The maximum absolute atomic E-state index is 4.87. The highest BCUT2D eigenvalue weighted by molar-refractivity contribution is 5.63. The topological polar surface area (TPSA) is 25.8 Å². The third-order valence-corrected chi connectivity index (χ3v) is 13.6. The van der Waals surface area contributed by atoms with Gasteiger partial charge in [-0.05, 0) is 110 Å². The number of rotatable bonds is 21. The Hall–Kier alpha value is -3.26. The summed E-state index contributed by atoms with van der Waals surface area (Å²) in [6, 6.07) is 27.0. The van der Waals surface area contributed by atoms with Gasteiger partial charge in [0.15, 0.2) is 0 Å². The predicted molar refractivity (Wildman–Crippen MR) is 248 cm³/mol. The van der Waals surface area contributed by atoms with E-state index in [0.717, 1.165) is 18.3 Å². The minimum atomic E-state index is 0.678. The van der Waals surface area contributed by atoms with Gasteiger partial charge < -0.3 is 0 Å². The molecule has 2 saturated carbocycles. The normalized spacial score (nSPS) is 19.5. The van der Waals surface area contributed by atoms with Crippen LogP contribution >= 0.6 is 0 Å². The van der Waals surface area contributed by atoms with Crippen LogP contribution in [0.25, 0.3) is 22.3 Å². The van der Waals surface area contributed by atoms with E-state index in [4.69, 9.17) is 9.97 Å². The van der Waals surface area contributed by atoms with E-state index in [1.807, 2.05) is 0 Å². The largest absolute Gasteiger partial charge is 0.260 e. The van der Waals surface area contributed by atoms with Gasteiger partial charge in [-0.2, -0.15) is 0 Å². The Morgan fingerprint density at radius 3 is 1.14 bits per heavy atom. The van der Waals surface area contributed by atoms with E-state index in [0.29, 0.717) is 11.8 Å². The molecule has 0 amide bonds. The van der Waals surface area contributed by atoms with Crippen molar-refractivity contribution < 1.29 is 0 Å². The molecule has 0 atom stereocenters. The van der Waals surface area contributed by atoms with E-state index in [1.165, 1.54) is 199 Å². The van der Waals surface area contributed by atoms with Crippen molar-refractivity contribution in [2.45, 2.75) is 200 Å². The lowest BCUT2D eigenvalue weighted by molar-refractivity contribution is 0.299. The Balaban J connectivity index is 0.000000218. The first-order valence-corrected chi connectivity index (χ1v) is 24.2. The number of nitrogens with zero attached hydrogens (tertiary/aromatic N) is 2. The quantitative estimate of drug-likeness (QED) is 0.0789. The molecular formula is C55H80N2. The number of benzene rings is 2. The van der Waals surface area contributed by atoms with Crippen LogP contribution in [-0.4, -0.2) is 9.97 Å². The molecule has 2 heteroatoms. The Bertz CT molecular complexity index is 1590. The van der Waals surface area contributed by atoms with Crippen molar-refractivity contribution in [2.24, 2.45) is 11.8 Å². The van der Waals surface area contributed by atoms with Crippen LogP contribution < -0.4 is 0 Å². The van der Waals surface area contributed by atoms with Crippen molar-refractivity contribution in [2.75, 3.05) is 0 Å². The lowest BCUT2D eigenvalue weighted by Gasteiger charge is -2.28. The van der Waals surface area contributed by atoms with E-state index >= 15 is 0 Å². The SMILES string of the molecule is CCCCCCCCC1CCC(c2ccc(-c3ccc(CC)cc3)cn2)CC1.CCCCCCCCC1CCC(c2ccc(-c3ccc(CCC)cc3)cn2)CC1. The van der Waals surface area contributed by atoms with Gasteiger partial charge in [0, 0.05) is 46.7 Å². The van der Waals surface area contributed by atoms with Crippen molar-refractivity contribution in [1.82, 2.24) is 9.97 Å². The molecule has 0 radical (unpaired) electrons. The second-order valence-electron chi connectivity index (χ2n) is 18.0. The summed E-state index contributed by atoms with van der Waals surface area (Å²) in [5.41, 5.74) is 10.5. The first kappa shape index (κ1) is 44.8. The third kappa shape index (κ3) is 15.5. The van der Waals surface area contributed by atoms with Crippen molar-refractivity contribution >= 4 is 0 Å². The van der Waals surface area contributed by atoms with E-state index < -0.39 is 0 Å². The lowest BCUT2D eigenvalue weighted by Crippen LogP contribution is -2.14. The summed E-state index contributed by atoms with van der Waals surface area (Å²) in [7, 11) is 0. The number of unbranched alkanes of at least 4 members (excludes halogenated alkanes) is 10. The maximum atomic E-state index is 4.87. The van der Waals surface area contributed by atoms with Gasteiger partial charge in [0.25, 0.3) is 0 Å². The van der Waals surface area contributed by atoms with Crippen molar-refractivity contribution in [3.8, 4) is 22.3 Å². The fraction of sp³-hybridized carbons (Fsp3) is 0.600. The van der Waals surface area contributed by atoms with E-state index in [-0.39, 0.29) is 0 Å². The Morgan fingerprint density at radius 1 is 0.386 bits per heavy atom. The van der Waals surface area contributed by atoms with Gasteiger partial charge in [0.2, 0.25) is 0 Å². The predicted octanol–water partition coefficient (Wildman–Crippen LogP) is 17.1. The van der Waals surface area contributed by atoms with Gasteiger partial charge in [-0.15, -0.1) is 0 Å². The molecule has 2 aliphatic carbocycles. The zero-order chi connectivity index (χ0) is 39.9. The standard InChI is InChI=1S/C28H41N.C27H39N/c1-3-5-6-7-8-9-11-24-14-18-26(19-15-24)28-21-20-27(22-29-28)25-16-12-23(10-4-2)13-17-25;1-3-5-6-7-8-9-10-23-13-17-25(18-14-23)27-20-19-26(21-28-27)24-15-11-22(4-2)12-16-24/h12-13,16-17,20-22,24,26H,3-11,14-15,18-19H2,1-2H3;11-12,15-16,19-21,23,25H,3-10,13-14,17-18H2,1-2H3. The second kappa shape index (κ2) is 26.0. The van der Waals surface area contributed by atoms with Gasteiger partial charge in [-0.3, -0.25) is 9.97 Å². The zero-order valence-corrected chi connectivity index (χ0v) is 37.0. The van der Waals surface area contributed by atoms with Crippen molar-refractivity contribution in [3.63, 3.8) is 0 Å². The first-order chi connectivity index (χ1) is 28.1. The van der Waals surface area contributed by atoms with Gasteiger partial charge >= 0.3 is 0 Å². The summed E-state index contributed by atoms with van der Waals surface area (Å²) in [5, 5.41) is 0. The highest BCUT2D eigenvalue weighted by atomic mass is 14.7. The minimum Gasteiger partial charge on any atom is -0.260 e. The molecule has 2 fully saturated rings. The molecule has 0 N–H and O–H groups in total. The molecule has 0 spiro atoms. The molecule has 0 aliphatic heterocycles. The van der Waals surface area contributed by atoms with Crippen LogP contribution in [0.3, 0.4) is 0 Å². The zero-order valence-electron chi connectivity index (χ0n) is 37.0. The van der Waals surface area contributed by atoms with Crippen LogP contribution in [-0.2, 0) is 12.8 Å². The van der Waals surface area contributed by atoms with Gasteiger partial charge in [0.05, 0.1) is 0 Å². The molecule has 0 saturated heterocycles. The third-order valence-electron chi connectivity index (χ3n) is 13.6. The summed E-state index contributed by atoms with van der Waals surface area (Å²) in [5.74, 6) is 3.30. The molecule has 0 bridgehead atoms. The summed E-state index contributed by atoms with van der Waals surface area (Å²) >= 11 is 0. The van der Waals surface area contributed by atoms with Crippen LogP contribution in [0.15, 0.2) is 85.2 Å². The average molecular weight is 769 g/mol. The number of hydrogen-bond acceptors (Lipinski definition) is 2. The summed E-state index contributed by atoms with van der Waals surface area (Å²) in [6.07, 6.45) is 38.6. The van der Waals surface area contributed by atoms with Crippen LogP contribution in [0.5, 0.6) is 0 Å². The molecule has 0 unspecified atom stereocenters. The lowest BCUT2D eigenvalue weighted by atomic mass is 9.78. The molecule has 57 heavy (non-hydrogen) atoms. The highest BCUT2D eigenvalue weighted by Crippen LogP contribution is 2.39. The van der Waals surface area contributed by atoms with Gasteiger partial charge in [-0.25, -0.2) is 0 Å². The van der Waals surface area contributed by atoms with Crippen LogP contribution in [0.2, 0.25) is 0 Å². The number of hydrogen-bond donors (Lipinski definition) is 0. The average Bonchev–Trinajstić information content (AvgIpc) is 3.27. The molecule has 2 aromatic heterocycles. The molecule has 6 rings (SSSR count). The molecule has 2 aromatic carbocycles. The monoisotopic (exact) mass is 769 g/mol. The first-order valence-electron chi connectivity index (χ1n) is 24.2. The summed E-state index contributed by atoms with van der Waals surface area (Å²) in [6.45, 7) is 9.03. The highest BCUT2D eigenvalue weighted by Gasteiger charge is 2.24. The molecule has 2 heterocycles. The fourth-order valence-electron chi connectivity index (χ4n) is 9.64. The van der Waals surface area contributed by atoms with E-state index in [1.54, 1.807) is 0 Å². The molecule has 4 aromatic rings. The Labute approximate surface area is 350 Å². The van der Waals surface area contributed by atoms with Crippen molar-refractivity contribution in [1.29, 1.82) is 0 Å². The smallest absolute Gasteiger partial charge is 0.0434 e. The van der Waals surface area contributed by atoms with Crippen LogP contribution in [0, 0.1) is 11.8 Å². The van der Waals surface area contributed by atoms with E-state index in [9.17, 15) is 0 Å². The van der Waals surface area contributed by atoms with Gasteiger partial charge in [-0.1, -0.05) is 185 Å². The Morgan fingerprint density at radius 2 is 0.772 bits per heavy atom. The summed E-state index contributed by atoms with van der Waals surface area (Å²) < 4.78 is 0. The molecule has 310 valence electrons. The fourth-order valence-corrected chi connectivity index (χ4v) is 9.64. The van der Waals surface area contributed by atoms with E-state index in [2.05, 4.69) is 113 Å². The molecule has 2 nitrogen and oxygen atoms in total. The Kier molecular flexibility index (Phi) is 20.4. The number of aryl methyl sites for hydroxylation is 2. The van der Waals surface area contributed by atoms with Gasteiger partial charge in [0.1, 0.15) is 0 Å². The second-order valence-corrected chi connectivity index (χ2v) is 18.0. The minimum absolute atomic E-state index is 0.678. The van der Waals surface area contributed by atoms with Crippen molar-refractivity contribution in [3.05, 3.63) is 108 Å². The molecule has 2 aliphatic rings.